The summed E-state index contributed by atoms with van der Waals surface area (Å²) in [5.41, 5.74) is 3.11. The SMILES string of the molecule is CNC1c2ccccc2CC1N1CCCC1C1CCCC1. The molecule has 2 heteroatoms. The Kier molecular flexibility index (Phi) is 3.76. The van der Waals surface area contributed by atoms with Crippen LogP contribution in [0.15, 0.2) is 24.3 Å². The first-order valence-electron chi connectivity index (χ1n) is 8.89. The summed E-state index contributed by atoms with van der Waals surface area (Å²) in [7, 11) is 2.14. The van der Waals surface area contributed by atoms with Crippen molar-refractivity contribution in [3.8, 4) is 0 Å². The predicted octanol–water partition coefficient (Wildman–Crippen LogP) is 3.53. The summed E-state index contributed by atoms with van der Waals surface area (Å²) in [5.74, 6) is 0.980. The Morgan fingerprint density at radius 3 is 2.62 bits per heavy atom. The molecule has 3 aliphatic rings. The van der Waals surface area contributed by atoms with Crippen molar-refractivity contribution in [1.29, 1.82) is 0 Å². The molecule has 21 heavy (non-hydrogen) atoms. The lowest BCUT2D eigenvalue weighted by molar-refractivity contribution is 0.116. The van der Waals surface area contributed by atoms with Gasteiger partial charge in [-0.05, 0) is 62.7 Å². The van der Waals surface area contributed by atoms with E-state index in [-0.39, 0.29) is 0 Å². The van der Waals surface area contributed by atoms with Crippen molar-refractivity contribution < 1.29 is 0 Å². The Bertz CT molecular complexity index is 492. The highest BCUT2D eigenvalue weighted by Crippen LogP contribution is 2.42. The van der Waals surface area contributed by atoms with Gasteiger partial charge in [0.15, 0.2) is 0 Å². The number of nitrogens with one attached hydrogen (secondary N) is 1. The van der Waals surface area contributed by atoms with Crippen molar-refractivity contribution in [2.45, 2.75) is 63.1 Å². The molecule has 4 rings (SSSR count). The summed E-state index contributed by atoms with van der Waals surface area (Å²) in [4.78, 5) is 2.89. The molecule has 2 fully saturated rings. The number of benzene rings is 1. The summed E-state index contributed by atoms with van der Waals surface area (Å²) in [6.45, 7) is 1.32. The minimum absolute atomic E-state index is 0.531. The molecule has 0 radical (unpaired) electrons. The molecule has 1 aliphatic heterocycles. The largest absolute Gasteiger partial charge is 0.312 e. The molecule has 1 saturated carbocycles. The number of fused-ring (bicyclic) bond motifs is 1. The van der Waals surface area contributed by atoms with Gasteiger partial charge in [0.25, 0.3) is 0 Å². The molecule has 114 valence electrons. The van der Waals surface area contributed by atoms with Crippen molar-refractivity contribution in [3.63, 3.8) is 0 Å². The molecular formula is C19H28N2. The molecule has 1 heterocycles. The van der Waals surface area contributed by atoms with E-state index < -0.39 is 0 Å². The molecule has 3 unspecified atom stereocenters. The standard InChI is InChI=1S/C19H28N2/c1-20-19-16-10-5-4-9-15(16)13-18(19)21-12-6-11-17(21)14-7-2-3-8-14/h4-5,9-10,14,17-20H,2-3,6-8,11-13H2,1H3. The fourth-order valence-corrected chi connectivity index (χ4v) is 5.31. The Morgan fingerprint density at radius 1 is 1.00 bits per heavy atom. The van der Waals surface area contributed by atoms with Crippen molar-refractivity contribution in [3.05, 3.63) is 35.4 Å². The fourth-order valence-electron chi connectivity index (χ4n) is 5.31. The average Bonchev–Trinajstić information content (AvgIpc) is 3.24. The Balaban J connectivity index is 1.58. The fraction of sp³-hybridized carbons (Fsp3) is 0.684. The third-order valence-electron chi connectivity index (χ3n) is 6.23. The van der Waals surface area contributed by atoms with Gasteiger partial charge in [0.2, 0.25) is 0 Å². The molecule has 1 aromatic carbocycles. The smallest absolute Gasteiger partial charge is 0.0481 e. The van der Waals surface area contributed by atoms with E-state index in [1.165, 1.54) is 51.5 Å². The van der Waals surface area contributed by atoms with E-state index in [0.717, 1.165) is 12.0 Å². The number of hydrogen-bond donors (Lipinski definition) is 1. The van der Waals surface area contributed by atoms with Crippen molar-refractivity contribution in [2.75, 3.05) is 13.6 Å². The summed E-state index contributed by atoms with van der Waals surface area (Å²) in [6.07, 6.45) is 9.98. The second-order valence-corrected chi connectivity index (χ2v) is 7.23. The van der Waals surface area contributed by atoms with E-state index in [1.807, 2.05) is 0 Å². The normalized spacial score (nSPS) is 33.7. The number of nitrogens with zero attached hydrogens (tertiary/aromatic N) is 1. The van der Waals surface area contributed by atoms with Crippen LogP contribution < -0.4 is 5.32 Å². The molecule has 3 atom stereocenters. The second kappa shape index (κ2) is 5.73. The van der Waals surface area contributed by atoms with Crippen LogP contribution in [-0.2, 0) is 6.42 Å². The van der Waals surface area contributed by atoms with Crippen LogP contribution in [0.25, 0.3) is 0 Å². The van der Waals surface area contributed by atoms with Crippen LogP contribution in [0.1, 0.15) is 55.7 Å². The van der Waals surface area contributed by atoms with Gasteiger partial charge < -0.3 is 5.32 Å². The van der Waals surface area contributed by atoms with E-state index in [9.17, 15) is 0 Å². The number of likely N-dealkylation sites (tertiary alicyclic amines) is 1. The van der Waals surface area contributed by atoms with Crippen molar-refractivity contribution >= 4 is 0 Å². The number of hydrogen-bond acceptors (Lipinski definition) is 2. The third-order valence-corrected chi connectivity index (χ3v) is 6.23. The minimum Gasteiger partial charge on any atom is -0.312 e. The van der Waals surface area contributed by atoms with E-state index >= 15 is 0 Å². The zero-order valence-electron chi connectivity index (χ0n) is 13.2. The number of rotatable bonds is 3. The predicted molar refractivity (Wildman–Crippen MR) is 87.4 cm³/mol. The van der Waals surface area contributed by atoms with Crippen LogP contribution in [0.4, 0.5) is 0 Å². The monoisotopic (exact) mass is 284 g/mol. The Morgan fingerprint density at radius 2 is 1.81 bits per heavy atom. The molecule has 2 nitrogen and oxygen atoms in total. The van der Waals surface area contributed by atoms with Gasteiger partial charge >= 0.3 is 0 Å². The van der Waals surface area contributed by atoms with Gasteiger partial charge in [0, 0.05) is 18.1 Å². The lowest BCUT2D eigenvalue weighted by Crippen LogP contribution is -2.46. The maximum Gasteiger partial charge on any atom is 0.0481 e. The van der Waals surface area contributed by atoms with E-state index in [1.54, 1.807) is 11.1 Å². The van der Waals surface area contributed by atoms with Gasteiger partial charge in [0.1, 0.15) is 0 Å². The lowest BCUT2D eigenvalue weighted by Gasteiger charge is -2.37. The highest BCUT2D eigenvalue weighted by Gasteiger charge is 2.42. The first-order chi connectivity index (χ1) is 10.4. The number of likely N-dealkylation sites (N-methyl/N-ethyl adjacent to an activating group) is 1. The highest BCUT2D eigenvalue weighted by molar-refractivity contribution is 5.37. The van der Waals surface area contributed by atoms with Crippen molar-refractivity contribution in [1.82, 2.24) is 10.2 Å². The van der Waals surface area contributed by atoms with E-state index in [2.05, 4.69) is 41.5 Å². The molecule has 1 N–H and O–H groups in total. The van der Waals surface area contributed by atoms with Crippen LogP contribution in [0.5, 0.6) is 0 Å². The molecule has 0 aromatic heterocycles. The first-order valence-corrected chi connectivity index (χ1v) is 8.89. The minimum atomic E-state index is 0.531. The maximum atomic E-state index is 3.62. The maximum absolute atomic E-state index is 3.62. The Labute approximate surface area is 128 Å². The van der Waals surface area contributed by atoms with E-state index in [0.29, 0.717) is 12.1 Å². The quantitative estimate of drug-likeness (QED) is 0.913. The molecule has 1 saturated heterocycles. The van der Waals surface area contributed by atoms with Gasteiger partial charge in [-0.2, -0.15) is 0 Å². The summed E-state index contributed by atoms with van der Waals surface area (Å²) in [5, 5.41) is 3.62. The average molecular weight is 284 g/mol. The summed E-state index contributed by atoms with van der Waals surface area (Å²) >= 11 is 0. The van der Waals surface area contributed by atoms with Gasteiger partial charge in [-0.25, -0.2) is 0 Å². The first kappa shape index (κ1) is 13.8. The second-order valence-electron chi connectivity index (χ2n) is 7.23. The molecule has 2 aliphatic carbocycles. The van der Waals surface area contributed by atoms with Crippen LogP contribution in [0.2, 0.25) is 0 Å². The van der Waals surface area contributed by atoms with Crippen molar-refractivity contribution in [2.24, 2.45) is 5.92 Å². The topological polar surface area (TPSA) is 15.3 Å². The summed E-state index contributed by atoms with van der Waals surface area (Å²) < 4.78 is 0. The Hall–Kier alpha value is -0.860. The van der Waals surface area contributed by atoms with Gasteiger partial charge in [-0.15, -0.1) is 0 Å². The lowest BCUT2D eigenvalue weighted by atomic mass is 9.94. The molecular weight excluding hydrogens is 256 g/mol. The van der Waals surface area contributed by atoms with Crippen LogP contribution in [0, 0.1) is 5.92 Å². The molecule has 0 spiro atoms. The van der Waals surface area contributed by atoms with E-state index in [4.69, 9.17) is 0 Å². The molecule has 0 bridgehead atoms. The zero-order chi connectivity index (χ0) is 14.2. The van der Waals surface area contributed by atoms with Crippen LogP contribution >= 0.6 is 0 Å². The third kappa shape index (κ3) is 2.33. The van der Waals surface area contributed by atoms with Gasteiger partial charge in [0.05, 0.1) is 0 Å². The molecule has 1 aromatic rings. The molecule has 0 amide bonds. The van der Waals surface area contributed by atoms with Gasteiger partial charge in [-0.1, -0.05) is 37.1 Å². The summed E-state index contributed by atoms with van der Waals surface area (Å²) in [6, 6.07) is 11.1. The van der Waals surface area contributed by atoms with Crippen LogP contribution in [0.3, 0.4) is 0 Å². The van der Waals surface area contributed by atoms with Crippen LogP contribution in [-0.4, -0.2) is 30.6 Å². The van der Waals surface area contributed by atoms with Gasteiger partial charge in [-0.3, -0.25) is 4.90 Å². The highest BCUT2D eigenvalue weighted by atomic mass is 15.2. The zero-order valence-corrected chi connectivity index (χ0v) is 13.2.